The fourth-order valence-corrected chi connectivity index (χ4v) is 3.79. The normalized spacial score (nSPS) is 16.9. The molecule has 1 unspecified atom stereocenters. The highest BCUT2D eigenvalue weighted by molar-refractivity contribution is 7.81. The maximum absolute atomic E-state index is 13.3. The van der Waals surface area contributed by atoms with Crippen LogP contribution in [0.2, 0.25) is 0 Å². The number of amides is 2. The van der Waals surface area contributed by atoms with Gasteiger partial charge in [-0.15, -0.1) is 0 Å². The van der Waals surface area contributed by atoms with Crippen molar-refractivity contribution in [1.82, 2.24) is 19.0 Å². The van der Waals surface area contributed by atoms with Crippen LogP contribution in [0, 0.1) is 11.6 Å². The highest BCUT2D eigenvalue weighted by atomic mass is 32.2. The minimum Gasteiger partial charge on any atom is -0.325 e. The topological polar surface area (TPSA) is 70.5 Å². The predicted octanol–water partition coefficient (Wildman–Crippen LogP) is 2.37. The maximum Gasteiger partial charge on any atom is 0.321 e. The van der Waals surface area contributed by atoms with Crippen LogP contribution in [0.1, 0.15) is 12.8 Å². The minimum absolute atomic E-state index is 0.0529. The zero-order valence-electron chi connectivity index (χ0n) is 15.1. The van der Waals surface area contributed by atoms with Gasteiger partial charge in [0.2, 0.25) is 0 Å². The molecule has 10 heteroatoms. The van der Waals surface area contributed by atoms with Gasteiger partial charge in [-0.25, -0.2) is 26.8 Å². The number of anilines is 1. The van der Waals surface area contributed by atoms with Gasteiger partial charge in [0.25, 0.3) is 0 Å². The van der Waals surface area contributed by atoms with E-state index in [0.29, 0.717) is 18.8 Å². The number of nitrogens with one attached hydrogen (secondary N) is 1. The van der Waals surface area contributed by atoms with Gasteiger partial charge >= 0.3 is 6.03 Å². The number of urea groups is 1. The van der Waals surface area contributed by atoms with E-state index in [4.69, 9.17) is 0 Å². The summed E-state index contributed by atoms with van der Waals surface area (Å²) in [6, 6.07) is 2.84. The molecular weight excluding hydrogens is 376 g/mol. The number of piperidine rings is 1. The molecular formula is C17H21F2N5O2S. The van der Waals surface area contributed by atoms with Crippen LogP contribution >= 0.6 is 0 Å². The number of halogens is 2. The Bertz CT molecular complexity index is 831. The Morgan fingerprint density at radius 2 is 1.89 bits per heavy atom. The van der Waals surface area contributed by atoms with E-state index in [2.05, 4.69) is 10.4 Å². The summed E-state index contributed by atoms with van der Waals surface area (Å²) in [6.45, 7) is 1.35. The van der Waals surface area contributed by atoms with Gasteiger partial charge in [-0.2, -0.15) is 5.10 Å². The van der Waals surface area contributed by atoms with E-state index in [-0.39, 0.29) is 17.8 Å². The standard InChI is InChI=1S/C17H21F2N5O2S/c1-22(15-3-5-23(6-4-15)27(2)26)17(25)21-14-10-20-24(11-14)16-8-12(18)7-13(19)9-16/h7-11,15H,3-6H2,1-2H3,(H,21,25). The number of hydrogen-bond acceptors (Lipinski definition) is 3. The van der Waals surface area contributed by atoms with Crippen LogP contribution < -0.4 is 5.32 Å². The number of carbonyl (C=O) groups is 1. The van der Waals surface area contributed by atoms with E-state index in [1.807, 2.05) is 4.31 Å². The van der Waals surface area contributed by atoms with Crippen LogP contribution in [-0.2, 0) is 11.0 Å². The van der Waals surface area contributed by atoms with Crippen LogP contribution in [0.4, 0.5) is 19.3 Å². The third kappa shape index (κ3) is 4.69. The number of aromatic nitrogens is 2. The van der Waals surface area contributed by atoms with E-state index in [9.17, 15) is 17.8 Å². The first kappa shape index (κ1) is 19.4. The van der Waals surface area contributed by atoms with Crippen LogP contribution in [0.15, 0.2) is 30.6 Å². The van der Waals surface area contributed by atoms with Gasteiger partial charge in [0.1, 0.15) is 11.6 Å². The van der Waals surface area contributed by atoms with E-state index in [1.54, 1.807) is 18.2 Å². The molecule has 3 rings (SSSR count). The largest absolute Gasteiger partial charge is 0.325 e. The lowest BCUT2D eigenvalue weighted by Gasteiger charge is -2.35. The van der Waals surface area contributed by atoms with Crippen molar-refractivity contribution in [3.63, 3.8) is 0 Å². The molecule has 2 amide bonds. The summed E-state index contributed by atoms with van der Waals surface area (Å²) in [6.07, 6.45) is 6.04. The van der Waals surface area contributed by atoms with Crippen molar-refractivity contribution >= 4 is 22.7 Å². The second-order valence-corrected chi connectivity index (χ2v) is 7.79. The molecule has 1 aliphatic rings. The Morgan fingerprint density at radius 3 is 2.48 bits per heavy atom. The number of hydrogen-bond donors (Lipinski definition) is 1. The second-order valence-electron chi connectivity index (χ2n) is 6.43. The van der Waals surface area contributed by atoms with Crippen LogP contribution in [0.5, 0.6) is 0 Å². The highest BCUT2D eigenvalue weighted by Crippen LogP contribution is 2.19. The molecule has 0 aliphatic carbocycles. The van der Waals surface area contributed by atoms with Gasteiger partial charge in [0.05, 0.1) is 34.8 Å². The third-order valence-corrected chi connectivity index (χ3v) is 5.69. The highest BCUT2D eigenvalue weighted by Gasteiger charge is 2.26. The summed E-state index contributed by atoms with van der Waals surface area (Å²) in [7, 11) is 0.722. The van der Waals surface area contributed by atoms with Crippen molar-refractivity contribution in [3.8, 4) is 5.69 Å². The molecule has 1 aromatic heterocycles. The number of nitrogens with zero attached hydrogens (tertiary/aromatic N) is 4. The lowest BCUT2D eigenvalue weighted by molar-refractivity contribution is 0.175. The van der Waals surface area contributed by atoms with E-state index >= 15 is 0 Å². The summed E-state index contributed by atoms with van der Waals surface area (Å²) in [5.41, 5.74) is 0.643. The molecule has 0 radical (unpaired) electrons. The van der Waals surface area contributed by atoms with Crippen molar-refractivity contribution in [2.75, 3.05) is 31.7 Å². The molecule has 1 N–H and O–H groups in total. The lowest BCUT2D eigenvalue weighted by atomic mass is 10.1. The molecule has 2 heterocycles. The Morgan fingerprint density at radius 1 is 1.26 bits per heavy atom. The van der Waals surface area contributed by atoms with Crippen molar-refractivity contribution in [1.29, 1.82) is 0 Å². The molecule has 1 aromatic carbocycles. The minimum atomic E-state index is -0.991. The average molecular weight is 397 g/mol. The molecule has 2 aromatic rings. The second kappa shape index (κ2) is 8.13. The third-order valence-electron chi connectivity index (χ3n) is 4.60. The summed E-state index contributed by atoms with van der Waals surface area (Å²) < 4.78 is 41.3. The first-order chi connectivity index (χ1) is 12.8. The van der Waals surface area contributed by atoms with Gasteiger partial charge in [0, 0.05) is 38.5 Å². The smallest absolute Gasteiger partial charge is 0.321 e. The van der Waals surface area contributed by atoms with Crippen LogP contribution in [-0.4, -0.2) is 61.7 Å². The Kier molecular flexibility index (Phi) is 5.85. The van der Waals surface area contributed by atoms with Crippen molar-refractivity contribution in [3.05, 3.63) is 42.2 Å². The van der Waals surface area contributed by atoms with Crippen molar-refractivity contribution in [2.45, 2.75) is 18.9 Å². The fraction of sp³-hybridized carbons (Fsp3) is 0.412. The van der Waals surface area contributed by atoms with Crippen molar-refractivity contribution < 1.29 is 17.8 Å². The molecule has 1 fully saturated rings. The molecule has 7 nitrogen and oxygen atoms in total. The maximum atomic E-state index is 13.3. The Hall–Kier alpha value is -2.33. The van der Waals surface area contributed by atoms with E-state index in [1.165, 1.54) is 17.1 Å². The van der Waals surface area contributed by atoms with Gasteiger partial charge in [0.15, 0.2) is 0 Å². The van der Waals surface area contributed by atoms with Crippen molar-refractivity contribution in [2.24, 2.45) is 0 Å². The number of benzene rings is 1. The first-order valence-corrected chi connectivity index (χ1v) is 9.98. The zero-order valence-corrected chi connectivity index (χ0v) is 15.9. The molecule has 27 heavy (non-hydrogen) atoms. The number of rotatable bonds is 4. The van der Waals surface area contributed by atoms with Gasteiger partial charge < -0.3 is 10.2 Å². The van der Waals surface area contributed by atoms with Crippen LogP contribution in [0.25, 0.3) is 5.69 Å². The quantitative estimate of drug-likeness (QED) is 0.861. The lowest BCUT2D eigenvalue weighted by Crippen LogP contribution is -2.47. The molecule has 1 saturated heterocycles. The van der Waals surface area contributed by atoms with Gasteiger partial charge in [-0.1, -0.05) is 0 Å². The SMILES string of the molecule is CN(C(=O)Nc1cnn(-c2cc(F)cc(F)c2)c1)C1CCN(S(C)=O)CC1. The molecule has 0 spiro atoms. The van der Waals surface area contributed by atoms with Gasteiger partial charge in [-0.05, 0) is 25.0 Å². The van der Waals surface area contributed by atoms with E-state index in [0.717, 1.165) is 31.0 Å². The Labute approximate surface area is 158 Å². The summed E-state index contributed by atoms with van der Waals surface area (Å²) >= 11 is 0. The van der Waals surface area contributed by atoms with Crippen LogP contribution in [0.3, 0.4) is 0 Å². The molecule has 0 saturated carbocycles. The zero-order chi connectivity index (χ0) is 19.6. The first-order valence-electron chi connectivity index (χ1n) is 8.47. The van der Waals surface area contributed by atoms with Gasteiger partial charge in [-0.3, -0.25) is 0 Å². The molecule has 146 valence electrons. The monoisotopic (exact) mass is 397 g/mol. The molecule has 1 aliphatic heterocycles. The summed E-state index contributed by atoms with van der Waals surface area (Å²) in [5.74, 6) is -1.41. The fourth-order valence-electron chi connectivity index (χ4n) is 3.06. The molecule has 0 bridgehead atoms. The summed E-state index contributed by atoms with van der Waals surface area (Å²) in [5, 5.41) is 6.77. The molecule has 1 atom stereocenters. The Balaban J connectivity index is 1.61. The average Bonchev–Trinajstić information content (AvgIpc) is 3.09. The predicted molar refractivity (Wildman–Crippen MR) is 98.9 cm³/mol. The number of carbonyl (C=O) groups excluding carboxylic acids is 1. The summed E-state index contributed by atoms with van der Waals surface area (Å²) in [4.78, 5) is 14.1. The van der Waals surface area contributed by atoms with E-state index < -0.39 is 22.6 Å².